The molecule has 2 atom stereocenters. The van der Waals surface area contributed by atoms with Gasteiger partial charge in [-0.2, -0.15) is 0 Å². The number of nitrogens with zero attached hydrogens (tertiary/aromatic N) is 1. The highest BCUT2D eigenvalue weighted by Gasteiger charge is 2.30. The first-order valence-electron chi connectivity index (χ1n) is 7.81. The van der Waals surface area contributed by atoms with Gasteiger partial charge in [0.2, 0.25) is 0 Å². The monoisotopic (exact) mass is 316 g/mol. The number of benzene rings is 2. The van der Waals surface area contributed by atoms with Crippen LogP contribution >= 0.6 is 12.4 Å². The molecule has 0 saturated carbocycles. The van der Waals surface area contributed by atoms with E-state index in [1.807, 2.05) is 0 Å². The van der Waals surface area contributed by atoms with Crippen molar-refractivity contribution in [3.05, 3.63) is 71.3 Å². The maximum atomic E-state index is 6.35. The molecule has 1 aliphatic heterocycles. The Kier molecular flexibility index (Phi) is 6.01. The lowest BCUT2D eigenvalue weighted by Gasteiger charge is -2.16. The average Bonchev–Trinajstić information content (AvgIpc) is 2.89. The zero-order valence-electron chi connectivity index (χ0n) is 13.1. The van der Waals surface area contributed by atoms with Gasteiger partial charge in [0.15, 0.2) is 0 Å². The number of hydrogen-bond acceptors (Lipinski definition) is 2. The van der Waals surface area contributed by atoms with Crippen molar-refractivity contribution in [2.24, 2.45) is 5.73 Å². The fourth-order valence-corrected chi connectivity index (χ4v) is 3.19. The molecule has 1 fully saturated rings. The van der Waals surface area contributed by atoms with Gasteiger partial charge < -0.3 is 10.6 Å². The van der Waals surface area contributed by atoms with Crippen LogP contribution in [0.15, 0.2) is 54.6 Å². The average molecular weight is 317 g/mol. The normalized spacial score (nSPS) is 21.5. The van der Waals surface area contributed by atoms with Crippen LogP contribution in [0.1, 0.15) is 22.6 Å². The first-order valence-corrected chi connectivity index (χ1v) is 7.81. The lowest BCUT2D eigenvalue weighted by molar-refractivity contribution is 0.336. The Hall–Kier alpha value is -1.35. The lowest BCUT2D eigenvalue weighted by Crippen LogP contribution is -2.29. The molecule has 3 heteroatoms. The summed E-state index contributed by atoms with van der Waals surface area (Å²) in [6.07, 6.45) is 1.11. The number of rotatable bonds is 4. The molecule has 2 N–H and O–H groups in total. The molecule has 2 nitrogen and oxygen atoms in total. The smallest absolute Gasteiger partial charge is 0.0249 e. The third kappa shape index (κ3) is 4.10. The van der Waals surface area contributed by atoms with E-state index in [2.05, 4.69) is 66.4 Å². The van der Waals surface area contributed by atoms with Crippen molar-refractivity contribution in [1.29, 1.82) is 0 Å². The topological polar surface area (TPSA) is 29.3 Å². The molecular weight excluding hydrogens is 292 g/mol. The second-order valence-electron chi connectivity index (χ2n) is 6.18. The predicted octanol–water partition coefficient (Wildman–Crippen LogP) is 3.39. The van der Waals surface area contributed by atoms with E-state index in [4.69, 9.17) is 5.73 Å². The zero-order chi connectivity index (χ0) is 14.7. The van der Waals surface area contributed by atoms with Gasteiger partial charge in [0.25, 0.3) is 0 Å². The number of hydrogen-bond donors (Lipinski definition) is 1. The molecule has 0 radical (unpaired) electrons. The van der Waals surface area contributed by atoms with Gasteiger partial charge in [0.05, 0.1) is 0 Å². The molecule has 2 aromatic carbocycles. The summed E-state index contributed by atoms with van der Waals surface area (Å²) in [5.74, 6) is 0.476. The first-order chi connectivity index (χ1) is 10.2. The fraction of sp³-hybridized carbons (Fsp3) is 0.368. The van der Waals surface area contributed by atoms with E-state index in [-0.39, 0.29) is 18.4 Å². The van der Waals surface area contributed by atoms with Crippen LogP contribution in [0, 0.1) is 6.92 Å². The molecular formula is C19H25ClN2. The Bertz CT molecular complexity index is 568. The molecule has 1 heterocycles. The Morgan fingerprint density at radius 3 is 2.36 bits per heavy atom. The van der Waals surface area contributed by atoms with Gasteiger partial charge in [-0.1, -0.05) is 60.2 Å². The maximum Gasteiger partial charge on any atom is 0.0249 e. The van der Waals surface area contributed by atoms with Gasteiger partial charge in [-0.3, -0.25) is 0 Å². The summed E-state index contributed by atoms with van der Waals surface area (Å²) >= 11 is 0. The summed E-state index contributed by atoms with van der Waals surface area (Å²) in [6, 6.07) is 19.8. The molecule has 0 amide bonds. The second-order valence-corrected chi connectivity index (χ2v) is 6.18. The van der Waals surface area contributed by atoms with Crippen LogP contribution in [-0.4, -0.2) is 30.6 Å². The molecule has 1 saturated heterocycles. The molecule has 0 spiro atoms. The van der Waals surface area contributed by atoms with Gasteiger partial charge in [0.1, 0.15) is 0 Å². The minimum Gasteiger partial charge on any atom is -0.326 e. The number of likely N-dealkylation sites (tertiary alicyclic amines) is 1. The van der Waals surface area contributed by atoms with Crippen molar-refractivity contribution in [3.63, 3.8) is 0 Å². The Balaban J connectivity index is 0.00000176. The number of aryl methyl sites for hydroxylation is 1. The van der Waals surface area contributed by atoms with Crippen molar-refractivity contribution < 1.29 is 0 Å². The van der Waals surface area contributed by atoms with E-state index >= 15 is 0 Å². The van der Waals surface area contributed by atoms with E-state index in [9.17, 15) is 0 Å². The zero-order valence-corrected chi connectivity index (χ0v) is 13.9. The Morgan fingerprint density at radius 2 is 1.68 bits per heavy atom. The molecule has 22 heavy (non-hydrogen) atoms. The SMILES string of the molecule is Cc1ccc(CCN2C[C@@H](N)[C@H](c3ccccc3)C2)cc1.Cl. The van der Waals surface area contributed by atoms with E-state index in [0.717, 1.165) is 26.1 Å². The van der Waals surface area contributed by atoms with Gasteiger partial charge in [-0.25, -0.2) is 0 Å². The van der Waals surface area contributed by atoms with Gasteiger partial charge >= 0.3 is 0 Å². The molecule has 3 rings (SSSR count). The lowest BCUT2D eigenvalue weighted by atomic mass is 9.95. The summed E-state index contributed by atoms with van der Waals surface area (Å²) in [7, 11) is 0. The van der Waals surface area contributed by atoms with Crippen molar-refractivity contribution in [2.75, 3.05) is 19.6 Å². The standard InChI is InChI=1S/C19H24N2.ClH/c1-15-7-9-16(10-8-15)11-12-21-13-18(19(20)14-21)17-5-3-2-4-6-17;/h2-10,18-19H,11-14,20H2,1H3;1H/t18-,19+;/m0./s1. The fourth-order valence-electron chi connectivity index (χ4n) is 3.19. The Labute approximate surface area is 139 Å². The predicted molar refractivity (Wildman–Crippen MR) is 95.7 cm³/mol. The third-order valence-electron chi connectivity index (χ3n) is 4.51. The maximum absolute atomic E-state index is 6.35. The van der Waals surface area contributed by atoms with Crippen LogP contribution in [0.25, 0.3) is 0 Å². The minimum atomic E-state index is 0. The van der Waals surface area contributed by atoms with Gasteiger partial charge in [0, 0.05) is 31.6 Å². The van der Waals surface area contributed by atoms with Crippen molar-refractivity contribution >= 4 is 12.4 Å². The highest BCUT2D eigenvalue weighted by atomic mass is 35.5. The quantitative estimate of drug-likeness (QED) is 0.937. The summed E-state index contributed by atoms with van der Waals surface area (Å²) in [6.45, 7) is 5.32. The summed E-state index contributed by atoms with van der Waals surface area (Å²) < 4.78 is 0. The van der Waals surface area contributed by atoms with Gasteiger partial charge in [-0.05, 0) is 24.5 Å². The molecule has 0 bridgehead atoms. The van der Waals surface area contributed by atoms with Crippen LogP contribution in [0.5, 0.6) is 0 Å². The van der Waals surface area contributed by atoms with Crippen LogP contribution in [0.2, 0.25) is 0 Å². The summed E-state index contributed by atoms with van der Waals surface area (Å²) in [5.41, 5.74) is 10.5. The van der Waals surface area contributed by atoms with Crippen LogP contribution < -0.4 is 5.73 Å². The van der Waals surface area contributed by atoms with Crippen LogP contribution in [0.4, 0.5) is 0 Å². The molecule has 118 valence electrons. The molecule has 0 aliphatic carbocycles. The first kappa shape index (κ1) is 17.0. The largest absolute Gasteiger partial charge is 0.326 e. The third-order valence-corrected chi connectivity index (χ3v) is 4.51. The van der Waals surface area contributed by atoms with Crippen molar-refractivity contribution in [1.82, 2.24) is 4.90 Å². The highest BCUT2D eigenvalue weighted by molar-refractivity contribution is 5.85. The molecule has 0 aromatic heterocycles. The van der Waals surface area contributed by atoms with E-state index < -0.39 is 0 Å². The molecule has 0 unspecified atom stereocenters. The van der Waals surface area contributed by atoms with Crippen LogP contribution in [-0.2, 0) is 6.42 Å². The van der Waals surface area contributed by atoms with Crippen molar-refractivity contribution in [3.8, 4) is 0 Å². The Morgan fingerprint density at radius 1 is 1.00 bits per heavy atom. The van der Waals surface area contributed by atoms with Crippen LogP contribution in [0.3, 0.4) is 0 Å². The van der Waals surface area contributed by atoms with E-state index in [1.54, 1.807) is 0 Å². The van der Waals surface area contributed by atoms with E-state index in [1.165, 1.54) is 16.7 Å². The van der Waals surface area contributed by atoms with Crippen molar-refractivity contribution in [2.45, 2.75) is 25.3 Å². The summed E-state index contributed by atoms with van der Waals surface area (Å²) in [5, 5.41) is 0. The second kappa shape index (κ2) is 7.77. The number of nitrogens with two attached hydrogens (primary N) is 1. The minimum absolute atomic E-state index is 0. The highest BCUT2D eigenvalue weighted by Crippen LogP contribution is 2.26. The molecule has 2 aromatic rings. The number of halogens is 1. The van der Waals surface area contributed by atoms with Gasteiger partial charge in [-0.15, -0.1) is 12.4 Å². The molecule has 1 aliphatic rings. The van der Waals surface area contributed by atoms with E-state index in [0.29, 0.717) is 5.92 Å². The summed E-state index contributed by atoms with van der Waals surface area (Å²) in [4.78, 5) is 2.50.